The van der Waals surface area contributed by atoms with E-state index in [2.05, 4.69) is 0 Å². The lowest BCUT2D eigenvalue weighted by Crippen LogP contribution is -2.51. The lowest BCUT2D eigenvalue weighted by molar-refractivity contribution is -0.167. The normalized spacial score (nSPS) is 29.3. The first-order valence-corrected chi connectivity index (χ1v) is 10.4. The molecule has 2 fully saturated rings. The van der Waals surface area contributed by atoms with Crippen LogP contribution in [0.3, 0.4) is 0 Å². The zero-order valence-electron chi connectivity index (χ0n) is 18.7. The molecule has 0 aromatic heterocycles. The first-order valence-electron chi connectivity index (χ1n) is 10.4. The molecule has 0 radical (unpaired) electrons. The molecule has 0 N–H and O–H groups in total. The highest BCUT2D eigenvalue weighted by Gasteiger charge is 2.73. The number of hydrogen-bond donors (Lipinski definition) is 0. The Hall–Kier alpha value is -2.97. The molecule has 3 aliphatic rings. The Bertz CT molecular complexity index is 1080. The van der Waals surface area contributed by atoms with E-state index < -0.39 is 17.3 Å². The number of carbonyl (C=O) groups excluding carboxylic acids is 1. The van der Waals surface area contributed by atoms with Gasteiger partial charge in [0.2, 0.25) is 0 Å². The van der Waals surface area contributed by atoms with Gasteiger partial charge < -0.3 is 33.2 Å². The number of methoxy groups -OCH3 is 4. The average Bonchev–Trinajstić information content (AvgIpc) is 3.23. The molecule has 4 bridgehead atoms. The summed E-state index contributed by atoms with van der Waals surface area (Å²) in [7, 11) is 6.37. The van der Waals surface area contributed by atoms with E-state index in [0.717, 1.165) is 16.7 Å². The number of esters is 1. The van der Waals surface area contributed by atoms with Crippen molar-refractivity contribution in [3.63, 3.8) is 0 Å². The number of rotatable bonds is 6. The Kier molecular flexibility index (Phi) is 4.76. The molecule has 0 unspecified atom stereocenters. The van der Waals surface area contributed by atoms with Crippen molar-refractivity contribution in [2.75, 3.05) is 41.7 Å². The Balaban J connectivity index is 1.80. The maximum absolute atomic E-state index is 12.2. The molecule has 170 valence electrons. The van der Waals surface area contributed by atoms with Gasteiger partial charge in [0.25, 0.3) is 0 Å². The molecule has 32 heavy (non-hydrogen) atoms. The topological polar surface area (TPSA) is 81.7 Å². The highest BCUT2D eigenvalue weighted by atomic mass is 16.6. The average molecular weight is 442 g/mol. The van der Waals surface area contributed by atoms with Crippen LogP contribution in [0, 0.1) is 5.92 Å². The van der Waals surface area contributed by atoms with Crippen molar-refractivity contribution >= 4 is 5.97 Å². The second-order valence-corrected chi connectivity index (χ2v) is 8.20. The summed E-state index contributed by atoms with van der Waals surface area (Å²) >= 11 is 0. The van der Waals surface area contributed by atoms with Gasteiger partial charge in [-0.25, -0.2) is 0 Å². The molecule has 1 aliphatic carbocycles. The number of hydrogen-bond acceptors (Lipinski definition) is 8. The molecular weight excluding hydrogens is 416 g/mol. The van der Waals surface area contributed by atoms with E-state index in [1.807, 2.05) is 30.3 Å². The molecule has 0 spiro atoms. The molecule has 5 rings (SSSR count). The smallest absolute Gasteiger partial charge is 0.303 e. The van der Waals surface area contributed by atoms with Crippen molar-refractivity contribution in [2.45, 2.75) is 24.2 Å². The molecule has 2 aliphatic heterocycles. The van der Waals surface area contributed by atoms with Gasteiger partial charge in [-0.3, -0.25) is 4.79 Å². The summed E-state index contributed by atoms with van der Waals surface area (Å²) in [5, 5.41) is 0. The van der Waals surface area contributed by atoms with E-state index in [0.29, 0.717) is 29.6 Å². The van der Waals surface area contributed by atoms with Crippen LogP contribution >= 0.6 is 0 Å². The summed E-state index contributed by atoms with van der Waals surface area (Å²) in [5.74, 6) is 1.71. The van der Waals surface area contributed by atoms with Crippen LogP contribution in [0.5, 0.6) is 23.0 Å². The number of ether oxygens (including phenoxy) is 7. The largest absolute Gasteiger partial charge is 0.493 e. The fourth-order valence-corrected chi connectivity index (χ4v) is 5.60. The molecule has 4 atom stereocenters. The molecule has 8 heteroatoms. The van der Waals surface area contributed by atoms with E-state index in [1.165, 1.54) is 6.92 Å². The molecule has 2 aromatic carbocycles. The van der Waals surface area contributed by atoms with Gasteiger partial charge in [-0.1, -0.05) is 6.07 Å². The highest BCUT2D eigenvalue weighted by Crippen LogP contribution is 2.66. The van der Waals surface area contributed by atoms with E-state index in [1.54, 1.807) is 28.4 Å². The lowest BCUT2D eigenvalue weighted by atomic mass is 9.64. The second kappa shape index (κ2) is 7.28. The Labute approximate surface area is 186 Å². The van der Waals surface area contributed by atoms with Crippen LogP contribution in [0.2, 0.25) is 0 Å². The molecule has 2 saturated heterocycles. The fraction of sp³-hybridized carbons (Fsp3) is 0.458. The van der Waals surface area contributed by atoms with Crippen LogP contribution in [0.4, 0.5) is 0 Å². The van der Waals surface area contributed by atoms with Gasteiger partial charge in [0.1, 0.15) is 11.7 Å². The third-order valence-electron chi connectivity index (χ3n) is 6.86. The predicted molar refractivity (Wildman–Crippen MR) is 113 cm³/mol. The lowest BCUT2D eigenvalue weighted by Gasteiger charge is -2.43. The number of fused-ring (bicyclic) bond motifs is 3. The molecule has 2 aromatic rings. The van der Waals surface area contributed by atoms with Crippen molar-refractivity contribution in [2.24, 2.45) is 5.92 Å². The third-order valence-corrected chi connectivity index (χ3v) is 6.86. The maximum Gasteiger partial charge on any atom is 0.303 e. The summed E-state index contributed by atoms with van der Waals surface area (Å²) in [4.78, 5) is 12.2. The monoisotopic (exact) mass is 442 g/mol. The minimum atomic E-state index is -0.939. The minimum Gasteiger partial charge on any atom is -0.493 e. The number of carbonyl (C=O) groups is 1. The van der Waals surface area contributed by atoms with Crippen molar-refractivity contribution in [3.8, 4) is 23.0 Å². The van der Waals surface area contributed by atoms with Crippen molar-refractivity contribution in [1.29, 1.82) is 0 Å². The fourth-order valence-electron chi connectivity index (χ4n) is 5.60. The predicted octanol–water partition coefficient (Wildman–Crippen LogP) is 3.00. The van der Waals surface area contributed by atoms with Crippen LogP contribution in [-0.4, -0.2) is 53.2 Å². The molecule has 2 heterocycles. The van der Waals surface area contributed by atoms with Gasteiger partial charge >= 0.3 is 5.97 Å². The van der Waals surface area contributed by atoms with Gasteiger partial charge in [-0.2, -0.15) is 0 Å². The quantitative estimate of drug-likeness (QED) is 0.632. The van der Waals surface area contributed by atoms with Gasteiger partial charge in [-0.15, -0.1) is 0 Å². The van der Waals surface area contributed by atoms with Gasteiger partial charge in [0, 0.05) is 6.92 Å². The van der Waals surface area contributed by atoms with Gasteiger partial charge in [0.05, 0.1) is 47.6 Å². The standard InChI is InChI=1S/C24H26O8/c1-13(25)32-23-12-31-24(14-6-7-17(26-2)18(8-14)27-3)16-10-20(29-5)19(28-4)9-15(16)22(23)30-11-21(23)24/h6-10,21-22H,11-12H2,1-5H3/t21-,22-,23+,24-/m1/s1. The summed E-state index contributed by atoms with van der Waals surface area (Å²) in [6.45, 7) is 1.98. The third kappa shape index (κ3) is 2.53. The molecule has 8 nitrogen and oxygen atoms in total. The minimum absolute atomic E-state index is 0.204. The van der Waals surface area contributed by atoms with Crippen molar-refractivity contribution < 1.29 is 38.0 Å². The SMILES string of the molecule is COc1ccc([C@]23OC[C@@]4(OC(C)=O)[C@H](OC[C@@H]24)c2cc(OC)c(OC)cc23)cc1OC. The van der Waals surface area contributed by atoms with Crippen LogP contribution in [0.1, 0.15) is 29.7 Å². The summed E-state index contributed by atoms with van der Waals surface area (Å²) < 4.78 is 41.0. The van der Waals surface area contributed by atoms with E-state index in [4.69, 9.17) is 33.2 Å². The van der Waals surface area contributed by atoms with E-state index in [-0.39, 0.29) is 18.5 Å². The maximum atomic E-state index is 12.2. The summed E-state index contributed by atoms with van der Waals surface area (Å²) in [5.41, 5.74) is 0.731. The van der Waals surface area contributed by atoms with E-state index >= 15 is 0 Å². The second-order valence-electron chi connectivity index (χ2n) is 8.20. The Morgan fingerprint density at radius 3 is 2.25 bits per heavy atom. The van der Waals surface area contributed by atoms with Crippen LogP contribution in [-0.2, 0) is 24.6 Å². The highest BCUT2D eigenvalue weighted by molar-refractivity contribution is 5.68. The number of benzene rings is 2. The Morgan fingerprint density at radius 1 is 0.938 bits per heavy atom. The summed E-state index contributed by atoms with van der Waals surface area (Å²) in [6.07, 6.45) is -0.470. The molecular formula is C24H26O8. The van der Waals surface area contributed by atoms with Gasteiger partial charge in [0.15, 0.2) is 28.6 Å². The zero-order chi connectivity index (χ0) is 22.7. The van der Waals surface area contributed by atoms with Crippen LogP contribution in [0.15, 0.2) is 30.3 Å². The van der Waals surface area contributed by atoms with Gasteiger partial charge in [-0.05, 0) is 41.0 Å². The first kappa shape index (κ1) is 20.9. The molecule has 0 saturated carbocycles. The molecule has 0 amide bonds. The van der Waals surface area contributed by atoms with Crippen molar-refractivity contribution in [1.82, 2.24) is 0 Å². The Morgan fingerprint density at radius 2 is 1.59 bits per heavy atom. The van der Waals surface area contributed by atoms with Crippen LogP contribution < -0.4 is 18.9 Å². The zero-order valence-corrected chi connectivity index (χ0v) is 18.7. The van der Waals surface area contributed by atoms with Crippen molar-refractivity contribution in [3.05, 3.63) is 47.0 Å². The first-order chi connectivity index (χ1) is 15.4. The summed E-state index contributed by atoms with van der Waals surface area (Å²) in [6, 6.07) is 9.53. The van der Waals surface area contributed by atoms with E-state index in [9.17, 15) is 4.79 Å². The van der Waals surface area contributed by atoms with Crippen LogP contribution in [0.25, 0.3) is 0 Å².